The number of benzene rings is 1. The topological polar surface area (TPSA) is 85.2 Å². The van der Waals surface area contributed by atoms with Crippen LogP contribution in [0.15, 0.2) is 36.9 Å². The van der Waals surface area contributed by atoms with Crippen LogP contribution < -0.4 is 15.4 Å². The number of rotatable bonds is 3. The van der Waals surface area contributed by atoms with Crippen LogP contribution in [0, 0.1) is 0 Å². The lowest BCUT2D eigenvalue weighted by Crippen LogP contribution is -2.34. The van der Waals surface area contributed by atoms with Gasteiger partial charge in [0.1, 0.15) is 11.8 Å². The van der Waals surface area contributed by atoms with E-state index < -0.39 is 6.10 Å². The van der Waals surface area contributed by atoms with Crippen molar-refractivity contribution < 1.29 is 14.3 Å². The molecule has 0 bridgehead atoms. The number of hydrogen-bond acceptors (Lipinski definition) is 4. The van der Waals surface area contributed by atoms with Crippen LogP contribution in [0.1, 0.15) is 19.9 Å². The molecule has 1 aromatic carbocycles. The van der Waals surface area contributed by atoms with Gasteiger partial charge in [-0.2, -0.15) is 0 Å². The zero-order valence-electron chi connectivity index (χ0n) is 12.2. The third-order valence-electron chi connectivity index (χ3n) is 3.53. The van der Waals surface area contributed by atoms with Gasteiger partial charge >= 0.3 is 0 Å². The third-order valence-corrected chi connectivity index (χ3v) is 3.53. The number of hydrogen-bond donors (Lipinski definition) is 2. The van der Waals surface area contributed by atoms with Crippen LogP contribution >= 0.6 is 0 Å². The number of fused-ring (bicyclic) bond motifs is 1. The van der Waals surface area contributed by atoms with E-state index in [0.29, 0.717) is 17.1 Å². The summed E-state index contributed by atoms with van der Waals surface area (Å²) in [5.41, 5.74) is 1.14. The standard InChI is InChI=1S/C15H16N4O3/c1-9(19-6-5-16-8-19)14(20)17-11-3-4-13-12(7-11)18-15(21)10(2)22-13/h3-10H,1-2H3,(H,17,20)(H,18,21)/t9-,10+/m1/s1. The highest BCUT2D eigenvalue weighted by Crippen LogP contribution is 2.32. The number of aromatic nitrogens is 2. The maximum Gasteiger partial charge on any atom is 0.265 e. The van der Waals surface area contributed by atoms with Crippen molar-refractivity contribution in [2.75, 3.05) is 10.6 Å². The Morgan fingerprint density at radius 3 is 3.05 bits per heavy atom. The Bertz CT molecular complexity index is 712. The van der Waals surface area contributed by atoms with Gasteiger partial charge in [0.2, 0.25) is 5.91 Å². The Labute approximate surface area is 127 Å². The molecule has 22 heavy (non-hydrogen) atoms. The van der Waals surface area contributed by atoms with Crippen molar-refractivity contribution in [2.24, 2.45) is 0 Å². The molecule has 0 saturated heterocycles. The van der Waals surface area contributed by atoms with E-state index in [2.05, 4.69) is 15.6 Å². The molecule has 0 radical (unpaired) electrons. The lowest BCUT2D eigenvalue weighted by molar-refractivity contribution is -0.122. The first-order valence-electron chi connectivity index (χ1n) is 6.94. The molecule has 2 N–H and O–H groups in total. The third kappa shape index (κ3) is 2.65. The molecule has 1 aliphatic rings. The number of carbonyl (C=O) groups excluding carboxylic acids is 2. The first kappa shape index (κ1) is 14.1. The number of anilines is 2. The van der Waals surface area contributed by atoms with Gasteiger partial charge in [0.15, 0.2) is 6.10 Å². The van der Waals surface area contributed by atoms with Crippen LogP contribution in [-0.2, 0) is 9.59 Å². The highest BCUT2D eigenvalue weighted by atomic mass is 16.5. The van der Waals surface area contributed by atoms with Crippen LogP contribution in [0.4, 0.5) is 11.4 Å². The summed E-state index contributed by atoms with van der Waals surface area (Å²) >= 11 is 0. The van der Waals surface area contributed by atoms with Gasteiger partial charge in [-0.1, -0.05) is 0 Å². The lowest BCUT2D eigenvalue weighted by Gasteiger charge is -2.24. The van der Waals surface area contributed by atoms with Crippen LogP contribution in [0.5, 0.6) is 5.75 Å². The Morgan fingerprint density at radius 2 is 2.32 bits per heavy atom. The van der Waals surface area contributed by atoms with Crippen LogP contribution in [0.2, 0.25) is 0 Å². The summed E-state index contributed by atoms with van der Waals surface area (Å²) in [4.78, 5) is 27.8. The second-order valence-electron chi connectivity index (χ2n) is 5.14. The lowest BCUT2D eigenvalue weighted by atomic mass is 10.2. The molecular weight excluding hydrogens is 284 g/mol. The quantitative estimate of drug-likeness (QED) is 0.905. The second kappa shape index (κ2) is 5.51. The average molecular weight is 300 g/mol. The molecule has 7 heteroatoms. The summed E-state index contributed by atoms with van der Waals surface area (Å²) in [6.45, 7) is 3.46. The minimum absolute atomic E-state index is 0.172. The summed E-state index contributed by atoms with van der Waals surface area (Å²) in [6, 6.07) is 4.76. The minimum Gasteiger partial charge on any atom is -0.479 e. The number of nitrogens with one attached hydrogen (secondary N) is 2. The van der Waals surface area contributed by atoms with E-state index in [9.17, 15) is 9.59 Å². The van der Waals surface area contributed by atoms with Crippen molar-refractivity contribution in [3.05, 3.63) is 36.9 Å². The van der Waals surface area contributed by atoms with E-state index >= 15 is 0 Å². The molecule has 0 spiro atoms. The summed E-state index contributed by atoms with van der Waals surface area (Å²) in [6.07, 6.45) is 4.42. The number of ether oxygens (including phenoxy) is 1. The summed E-state index contributed by atoms with van der Waals surface area (Å²) < 4.78 is 7.18. The summed E-state index contributed by atoms with van der Waals surface area (Å²) in [7, 11) is 0. The molecule has 1 aliphatic heterocycles. The van der Waals surface area contributed by atoms with Gasteiger partial charge in [0, 0.05) is 18.1 Å². The van der Waals surface area contributed by atoms with Crippen molar-refractivity contribution in [3.63, 3.8) is 0 Å². The second-order valence-corrected chi connectivity index (χ2v) is 5.14. The van der Waals surface area contributed by atoms with E-state index in [0.717, 1.165) is 0 Å². The monoisotopic (exact) mass is 300 g/mol. The zero-order chi connectivity index (χ0) is 15.7. The fraction of sp³-hybridized carbons (Fsp3) is 0.267. The molecule has 2 heterocycles. The van der Waals surface area contributed by atoms with Crippen molar-refractivity contribution in [1.29, 1.82) is 0 Å². The van der Waals surface area contributed by atoms with Gasteiger partial charge in [-0.05, 0) is 32.0 Å². The molecule has 2 atom stereocenters. The predicted molar refractivity (Wildman–Crippen MR) is 80.7 cm³/mol. The molecule has 0 aliphatic carbocycles. The molecule has 0 unspecified atom stereocenters. The maximum absolute atomic E-state index is 12.2. The van der Waals surface area contributed by atoms with Gasteiger partial charge in [0.05, 0.1) is 12.0 Å². The van der Waals surface area contributed by atoms with E-state index in [4.69, 9.17) is 4.74 Å². The molecule has 0 fully saturated rings. The van der Waals surface area contributed by atoms with E-state index in [-0.39, 0.29) is 17.9 Å². The maximum atomic E-state index is 12.2. The molecular formula is C15H16N4O3. The highest BCUT2D eigenvalue weighted by molar-refractivity contribution is 5.99. The van der Waals surface area contributed by atoms with Gasteiger partial charge in [-0.3, -0.25) is 9.59 Å². The number of imidazole rings is 1. The van der Waals surface area contributed by atoms with Crippen LogP contribution in [0.3, 0.4) is 0 Å². The van der Waals surface area contributed by atoms with E-state index in [1.54, 1.807) is 55.3 Å². The molecule has 0 saturated carbocycles. The number of amides is 2. The van der Waals surface area contributed by atoms with Crippen molar-refractivity contribution in [1.82, 2.24) is 9.55 Å². The highest BCUT2D eigenvalue weighted by Gasteiger charge is 2.24. The van der Waals surface area contributed by atoms with E-state index in [1.165, 1.54) is 0 Å². The molecule has 114 valence electrons. The van der Waals surface area contributed by atoms with Gasteiger partial charge in [0.25, 0.3) is 5.91 Å². The average Bonchev–Trinajstić information content (AvgIpc) is 3.02. The molecule has 7 nitrogen and oxygen atoms in total. The number of nitrogens with zero attached hydrogens (tertiary/aromatic N) is 2. The van der Waals surface area contributed by atoms with Gasteiger partial charge < -0.3 is 19.9 Å². The minimum atomic E-state index is -0.519. The summed E-state index contributed by atoms with van der Waals surface area (Å²) in [5, 5.41) is 5.56. The first-order chi connectivity index (χ1) is 10.5. The van der Waals surface area contributed by atoms with Crippen LogP contribution in [0.25, 0.3) is 0 Å². The van der Waals surface area contributed by atoms with Gasteiger partial charge in [-0.15, -0.1) is 0 Å². The molecule has 3 rings (SSSR count). The smallest absolute Gasteiger partial charge is 0.265 e. The van der Waals surface area contributed by atoms with Crippen molar-refractivity contribution >= 4 is 23.2 Å². The van der Waals surface area contributed by atoms with E-state index in [1.807, 2.05) is 0 Å². The molecule has 1 aromatic heterocycles. The van der Waals surface area contributed by atoms with Crippen molar-refractivity contribution in [3.8, 4) is 5.75 Å². The van der Waals surface area contributed by atoms with Crippen molar-refractivity contribution in [2.45, 2.75) is 26.0 Å². The Kier molecular flexibility index (Phi) is 3.54. The first-order valence-corrected chi connectivity index (χ1v) is 6.94. The largest absolute Gasteiger partial charge is 0.479 e. The Balaban J connectivity index is 1.75. The molecule has 2 aromatic rings. The summed E-state index contributed by atoms with van der Waals surface area (Å²) in [5.74, 6) is 0.213. The normalized spacial score (nSPS) is 17.9. The Morgan fingerprint density at radius 1 is 1.50 bits per heavy atom. The predicted octanol–water partition coefficient (Wildman–Crippen LogP) is 1.80. The van der Waals surface area contributed by atoms with Crippen LogP contribution in [-0.4, -0.2) is 27.5 Å². The SMILES string of the molecule is C[C@@H]1Oc2ccc(NC(=O)[C@@H](C)n3ccnc3)cc2NC1=O. The molecule has 2 amide bonds. The fourth-order valence-corrected chi connectivity index (χ4v) is 2.17. The fourth-order valence-electron chi connectivity index (χ4n) is 2.17. The van der Waals surface area contributed by atoms with Gasteiger partial charge in [-0.25, -0.2) is 4.98 Å². The zero-order valence-corrected chi connectivity index (χ0v) is 12.2. The Hall–Kier alpha value is -2.83. The number of carbonyl (C=O) groups is 2.